The maximum Gasteiger partial charge on any atom is 0.306 e. The van der Waals surface area contributed by atoms with Crippen LogP contribution < -0.4 is 21.7 Å². The first-order chi connectivity index (χ1) is 21.1. The lowest BCUT2D eigenvalue weighted by atomic mass is 9.43. The standard InChI is InChI=1S/C37H70N4O3/c1-26(10-7-11-27(2)35(43)44)30-12-13-31-34-32(15-17-37(30,31)4)36(3)16-14-29(24-28(36)25-33(34)42)41-23-9-22-40-20-6-5-19-39-21-8-18-38/h26-34,39-42H,5-25,38H2,1-4H3,(H,43,44)/t26-,27+,28-,29+,30-,31?,32?,33-,34?,36+,37-/m1/s1. The molecule has 3 unspecified atom stereocenters. The molecule has 0 saturated heterocycles. The highest BCUT2D eigenvalue weighted by Gasteiger charge is 2.62. The van der Waals surface area contributed by atoms with Crippen LogP contribution in [0.3, 0.4) is 0 Å². The van der Waals surface area contributed by atoms with Crippen molar-refractivity contribution in [3.63, 3.8) is 0 Å². The Hall–Kier alpha value is -0.730. The molecule has 4 aliphatic carbocycles. The van der Waals surface area contributed by atoms with Gasteiger partial charge in [0, 0.05) is 6.04 Å². The molecule has 0 amide bonds. The van der Waals surface area contributed by atoms with E-state index in [0.717, 1.165) is 71.4 Å². The summed E-state index contributed by atoms with van der Waals surface area (Å²) in [6, 6.07) is 0.603. The first-order valence-corrected chi connectivity index (χ1v) is 18.9. The largest absolute Gasteiger partial charge is 0.481 e. The molecule has 4 rings (SSSR count). The molecule has 0 spiro atoms. The SMILES string of the molecule is C[C@H](CCC[C@H](C)C(=O)O)[C@H]1CCC2C3C(CC[C@@]21C)[C@@]1(C)CC[C@H](NCCCNCCCCNCCCN)C[C@@H]1C[C@H]3O. The lowest BCUT2D eigenvalue weighted by Gasteiger charge is -2.62. The molecule has 44 heavy (non-hydrogen) atoms. The summed E-state index contributed by atoms with van der Waals surface area (Å²) in [5.41, 5.74) is 6.24. The zero-order valence-corrected chi connectivity index (χ0v) is 28.9. The third-order valence-electron chi connectivity index (χ3n) is 13.6. The monoisotopic (exact) mass is 619 g/mol. The molecular weight excluding hydrogens is 548 g/mol. The van der Waals surface area contributed by atoms with Gasteiger partial charge in [-0.05, 0) is 169 Å². The lowest BCUT2D eigenvalue weighted by Crippen LogP contribution is -2.59. The second-order valence-electron chi connectivity index (χ2n) is 16.3. The Balaban J connectivity index is 1.20. The van der Waals surface area contributed by atoms with Crippen LogP contribution in [-0.2, 0) is 4.79 Å². The van der Waals surface area contributed by atoms with Gasteiger partial charge in [-0.1, -0.05) is 40.5 Å². The molecule has 256 valence electrons. The normalized spacial score (nSPS) is 38.0. The average molecular weight is 619 g/mol. The molecular formula is C37H70N4O3. The number of aliphatic carboxylic acids is 1. The van der Waals surface area contributed by atoms with Crippen molar-refractivity contribution in [1.82, 2.24) is 16.0 Å². The Kier molecular flexibility index (Phi) is 13.9. The summed E-state index contributed by atoms with van der Waals surface area (Å²) in [6.45, 7) is 15.6. The van der Waals surface area contributed by atoms with Gasteiger partial charge in [0.25, 0.3) is 0 Å². The molecule has 0 bridgehead atoms. The van der Waals surface area contributed by atoms with Gasteiger partial charge in [-0.2, -0.15) is 0 Å². The fourth-order valence-electron chi connectivity index (χ4n) is 11.0. The molecule has 0 aliphatic heterocycles. The summed E-state index contributed by atoms with van der Waals surface area (Å²) < 4.78 is 0. The fourth-order valence-corrected chi connectivity index (χ4v) is 11.0. The van der Waals surface area contributed by atoms with Crippen molar-refractivity contribution in [3.05, 3.63) is 0 Å². The van der Waals surface area contributed by atoms with Crippen LogP contribution in [0.2, 0.25) is 0 Å². The van der Waals surface area contributed by atoms with E-state index in [1.165, 1.54) is 64.2 Å². The maximum absolute atomic E-state index is 11.8. The van der Waals surface area contributed by atoms with Gasteiger partial charge in [0.05, 0.1) is 12.0 Å². The average Bonchev–Trinajstić information content (AvgIpc) is 3.35. The summed E-state index contributed by atoms with van der Waals surface area (Å²) in [5, 5.41) is 32.0. The van der Waals surface area contributed by atoms with Crippen molar-refractivity contribution in [2.24, 2.45) is 58.0 Å². The highest BCUT2D eigenvalue weighted by molar-refractivity contribution is 5.69. The maximum atomic E-state index is 11.8. The zero-order valence-electron chi connectivity index (χ0n) is 28.9. The van der Waals surface area contributed by atoms with E-state index in [4.69, 9.17) is 5.73 Å². The molecule has 4 saturated carbocycles. The van der Waals surface area contributed by atoms with Gasteiger partial charge in [0.2, 0.25) is 0 Å². The molecule has 11 atom stereocenters. The van der Waals surface area contributed by atoms with Gasteiger partial charge < -0.3 is 31.9 Å². The van der Waals surface area contributed by atoms with E-state index in [0.29, 0.717) is 52.4 Å². The predicted octanol–water partition coefficient (Wildman–Crippen LogP) is 5.80. The van der Waals surface area contributed by atoms with E-state index in [1.807, 2.05) is 6.92 Å². The smallest absolute Gasteiger partial charge is 0.306 e. The van der Waals surface area contributed by atoms with Crippen molar-refractivity contribution < 1.29 is 15.0 Å². The molecule has 7 nitrogen and oxygen atoms in total. The first-order valence-electron chi connectivity index (χ1n) is 18.9. The summed E-state index contributed by atoms with van der Waals surface area (Å²) in [7, 11) is 0. The number of rotatable bonds is 19. The first kappa shape index (κ1) is 36.1. The van der Waals surface area contributed by atoms with Crippen molar-refractivity contribution in [1.29, 1.82) is 0 Å². The highest BCUT2D eigenvalue weighted by atomic mass is 16.4. The third-order valence-corrected chi connectivity index (χ3v) is 13.6. The molecule has 4 aliphatic rings. The van der Waals surface area contributed by atoms with E-state index in [-0.39, 0.29) is 12.0 Å². The minimum Gasteiger partial charge on any atom is -0.481 e. The van der Waals surface area contributed by atoms with Crippen LogP contribution in [0.5, 0.6) is 0 Å². The van der Waals surface area contributed by atoms with Gasteiger partial charge >= 0.3 is 5.97 Å². The number of fused-ring (bicyclic) bond motifs is 5. The Morgan fingerprint density at radius 3 is 2.18 bits per heavy atom. The predicted molar refractivity (Wildman–Crippen MR) is 181 cm³/mol. The Morgan fingerprint density at radius 1 is 0.818 bits per heavy atom. The van der Waals surface area contributed by atoms with Gasteiger partial charge in [0.15, 0.2) is 0 Å². The van der Waals surface area contributed by atoms with Gasteiger partial charge in [0.1, 0.15) is 0 Å². The number of aliphatic hydroxyl groups excluding tert-OH is 1. The van der Waals surface area contributed by atoms with Crippen molar-refractivity contribution in [2.45, 2.75) is 136 Å². The van der Waals surface area contributed by atoms with E-state index in [2.05, 4.69) is 36.7 Å². The molecule has 0 aromatic heterocycles. The quantitative estimate of drug-likeness (QED) is 0.101. The number of nitrogens with two attached hydrogens (primary N) is 1. The highest BCUT2D eigenvalue weighted by Crippen LogP contribution is 2.68. The van der Waals surface area contributed by atoms with Crippen molar-refractivity contribution >= 4 is 5.97 Å². The fraction of sp³-hybridized carbons (Fsp3) is 0.973. The minimum atomic E-state index is -0.663. The second kappa shape index (κ2) is 16.9. The zero-order chi connectivity index (χ0) is 31.7. The van der Waals surface area contributed by atoms with Crippen LogP contribution in [0.1, 0.15) is 124 Å². The summed E-state index contributed by atoms with van der Waals surface area (Å²) >= 11 is 0. The van der Waals surface area contributed by atoms with E-state index in [1.54, 1.807) is 0 Å². The molecule has 0 heterocycles. The van der Waals surface area contributed by atoms with Crippen molar-refractivity contribution in [3.8, 4) is 0 Å². The summed E-state index contributed by atoms with van der Waals surface area (Å²) in [4.78, 5) is 11.3. The van der Waals surface area contributed by atoms with Gasteiger partial charge in [-0.3, -0.25) is 4.79 Å². The molecule has 0 aromatic carbocycles. The van der Waals surface area contributed by atoms with Gasteiger partial charge in [-0.15, -0.1) is 0 Å². The molecule has 7 N–H and O–H groups in total. The topological polar surface area (TPSA) is 120 Å². The van der Waals surface area contributed by atoms with Crippen LogP contribution in [0.4, 0.5) is 0 Å². The number of carbonyl (C=O) groups is 1. The minimum absolute atomic E-state index is 0.146. The number of unbranched alkanes of at least 4 members (excludes halogenated alkanes) is 1. The van der Waals surface area contributed by atoms with Crippen molar-refractivity contribution in [2.75, 3.05) is 39.3 Å². The number of carboxylic acid groups (broad SMARTS) is 1. The summed E-state index contributed by atoms with van der Waals surface area (Å²) in [5.74, 6) is 2.87. The van der Waals surface area contributed by atoms with Crippen LogP contribution in [0.15, 0.2) is 0 Å². The van der Waals surface area contributed by atoms with E-state index < -0.39 is 5.97 Å². The Bertz CT molecular complexity index is 874. The molecule has 4 fully saturated rings. The lowest BCUT2D eigenvalue weighted by molar-refractivity contribution is -0.167. The number of hydrogen-bond acceptors (Lipinski definition) is 6. The van der Waals surface area contributed by atoms with E-state index >= 15 is 0 Å². The Morgan fingerprint density at radius 2 is 1.48 bits per heavy atom. The van der Waals surface area contributed by atoms with Crippen LogP contribution in [-0.4, -0.2) is 67.6 Å². The molecule has 0 radical (unpaired) electrons. The number of aliphatic hydroxyl groups is 1. The van der Waals surface area contributed by atoms with Crippen LogP contribution in [0.25, 0.3) is 0 Å². The second-order valence-corrected chi connectivity index (χ2v) is 16.3. The number of carboxylic acids is 1. The number of nitrogens with one attached hydrogen (secondary N) is 3. The van der Waals surface area contributed by atoms with Crippen LogP contribution in [0, 0.1) is 52.3 Å². The summed E-state index contributed by atoms with van der Waals surface area (Å²) in [6.07, 6.45) is 17.5. The third kappa shape index (κ3) is 8.59. The molecule has 0 aromatic rings. The molecule has 7 heteroatoms. The Labute approximate surface area is 270 Å². The number of hydrogen-bond donors (Lipinski definition) is 6. The van der Waals surface area contributed by atoms with E-state index in [9.17, 15) is 15.0 Å². The van der Waals surface area contributed by atoms with Gasteiger partial charge in [-0.25, -0.2) is 0 Å². The van der Waals surface area contributed by atoms with Crippen LogP contribution >= 0.6 is 0 Å².